The minimum Gasteiger partial charge on any atom is -0.392 e. The average Bonchev–Trinajstić information content (AvgIpc) is 2.16. The van der Waals surface area contributed by atoms with E-state index in [1.54, 1.807) is 0 Å². The number of rotatable bonds is 3. The number of hydrogen-bond donors (Lipinski definition) is 1. The average molecular weight is 232 g/mol. The summed E-state index contributed by atoms with van der Waals surface area (Å²) in [6.07, 6.45) is -1.03. The van der Waals surface area contributed by atoms with Crippen LogP contribution in [0.3, 0.4) is 0 Å². The van der Waals surface area contributed by atoms with E-state index >= 15 is 0 Å². The molecule has 3 nitrogen and oxygen atoms in total. The predicted octanol–water partition coefficient (Wildman–Crippen LogP) is 1.37. The van der Waals surface area contributed by atoms with Crippen molar-refractivity contribution in [1.82, 2.24) is 0 Å². The Morgan fingerprint density at radius 1 is 1.27 bits per heavy atom. The normalized spacial score (nSPS) is 16.0. The highest BCUT2D eigenvalue weighted by Crippen LogP contribution is 2.20. The summed E-state index contributed by atoms with van der Waals surface area (Å²) in [5, 5.41) is 8.19. The summed E-state index contributed by atoms with van der Waals surface area (Å²) in [5.74, 6) is -0.787. The van der Waals surface area contributed by atoms with Gasteiger partial charge in [0.25, 0.3) is 0 Å². The molecule has 0 aromatic heterocycles. The molecule has 1 rings (SSSR count). The van der Waals surface area contributed by atoms with E-state index in [0.717, 1.165) is 6.07 Å². The van der Waals surface area contributed by atoms with Gasteiger partial charge in [-0.05, 0) is 26.0 Å². The maximum atomic E-state index is 13.2. The molecular weight excluding hydrogens is 219 g/mol. The van der Waals surface area contributed by atoms with Crippen molar-refractivity contribution in [3.63, 3.8) is 0 Å². The van der Waals surface area contributed by atoms with Crippen LogP contribution < -0.4 is 0 Å². The Bertz CT molecular complexity index is 440. The summed E-state index contributed by atoms with van der Waals surface area (Å²) in [7, 11) is -3.79. The molecule has 0 heterocycles. The van der Waals surface area contributed by atoms with Gasteiger partial charge in [0.15, 0.2) is 9.84 Å². The van der Waals surface area contributed by atoms with Crippen LogP contribution >= 0.6 is 0 Å². The number of sulfone groups is 1. The van der Waals surface area contributed by atoms with Gasteiger partial charge in [-0.25, -0.2) is 12.8 Å². The van der Waals surface area contributed by atoms with Gasteiger partial charge in [-0.1, -0.05) is 12.1 Å². The molecule has 0 aliphatic rings. The first-order valence-corrected chi connectivity index (χ1v) is 6.08. The zero-order valence-electron chi connectivity index (χ0n) is 8.51. The monoisotopic (exact) mass is 232 g/mol. The molecule has 0 spiro atoms. The highest BCUT2D eigenvalue weighted by Gasteiger charge is 2.29. The van der Waals surface area contributed by atoms with Crippen LogP contribution in [0.15, 0.2) is 29.2 Å². The van der Waals surface area contributed by atoms with Gasteiger partial charge < -0.3 is 5.11 Å². The van der Waals surface area contributed by atoms with E-state index < -0.39 is 27.0 Å². The minimum atomic E-state index is -3.79. The van der Waals surface area contributed by atoms with Crippen molar-refractivity contribution in [2.24, 2.45) is 0 Å². The highest BCUT2D eigenvalue weighted by molar-refractivity contribution is 7.92. The van der Waals surface area contributed by atoms with Gasteiger partial charge in [-0.15, -0.1) is 0 Å². The lowest BCUT2D eigenvalue weighted by molar-refractivity contribution is 0.192. The second-order valence-electron chi connectivity index (χ2n) is 3.42. The topological polar surface area (TPSA) is 54.4 Å². The van der Waals surface area contributed by atoms with Gasteiger partial charge in [-0.3, -0.25) is 0 Å². The van der Waals surface area contributed by atoms with Gasteiger partial charge in [0, 0.05) is 0 Å². The lowest BCUT2D eigenvalue weighted by Gasteiger charge is -2.15. The van der Waals surface area contributed by atoms with Crippen molar-refractivity contribution in [2.45, 2.75) is 30.1 Å². The Kier molecular flexibility index (Phi) is 3.46. The van der Waals surface area contributed by atoms with Gasteiger partial charge in [-0.2, -0.15) is 0 Å². The van der Waals surface area contributed by atoms with Crippen LogP contribution in [0.2, 0.25) is 0 Å². The number of halogens is 1. The third-order valence-electron chi connectivity index (χ3n) is 2.31. The molecule has 2 unspecified atom stereocenters. The zero-order chi connectivity index (χ0) is 11.6. The molecule has 0 fully saturated rings. The van der Waals surface area contributed by atoms with Crippen LogP contribution in [0.25, 0.3) is 0 Å². The summed E-state index contributed by atoms with van der Waals surface area (Å²) in [6, 6.07) is 5.15. The van der Waals surface area contributed by atoms with E-state index in [1.165, 1.54) is 32.0 Å². The first kappa shape index (κ1) is 12.1. The van der Waals surface area contributed by atoms with Gasteiger partial charge >= 0.3 is 0 Å². The second kappa shape index (κ2) is 4.28. The van der Waals surface area contributed by atoms with Crippen molar-refractivity contribution in [3.8, 4) is 0 Å². The molecule has 5 heteroatoms. The summed E-state index contributed by atoms with van der Waals surface area (Å²) in [4.78, 5) is -0.363. The van der Waals surface area contributed by atoms with Crippen molar-refractivity contribution in [2.75, 3.05) is 0 Å². The third-order valence-corrected chi connectivity index (χ3v) is 4.63. The molecule has 0 saturated heterocycles. The van der Waals surface area contributed by atoms with Crippen molar-refractivity contribution in [3.05, 3.63) is 30.1 Å². The number of benzene rings is 1. The maximum absolute atomic E-state index is 13.2. The Morgan fingerprint density at radius 3 is 2.27 bits per heavy atom. The van der Waals surface area contributed by atoms with E-state index in [0.29, 0.717) is 0 Å². The standard InChI is InChI=1S/C10H13FO3S/c1-7(12)8(2)15(13,14)10-6-4-3-5-9(10)11/h3-8,12H,1-2H3. The molecule has 0 amide bonds. The summed E-state index contributed by atoms with van der Waals surface area (Å²) in [5.41, 5.74) is 0. The number of hydrogen-bond acceptors (Lipinski definition) is 3. The fraction of sp³-hybridized carbons (Fsp3) is 0.400. The molecule has 0 bridgehead atoms. The molecule has 2 atom stereocenters. The highest BCUT2D eigenvalue weighted by atomic mass is 32.2. The van der Waals surface area contributed by atoms with Crippen LogP contribution in [0.5, 0.6) is 0 Å². The Morgan fingerprint density at radius 2 is 1.80 bits per heavy atom. The van der Waals surface area contributed by atoms with Gasteiger partial charge in [0.05, 0.1) is 11.4 Å². The van der Waals surface area contributed by atoms with Crippen LogP contribution in [0.4, 0.5) is 4.39 Å². The molecule has 1 aromatic carbocycles. The first-order valence-electron chi connectivity index (χ1n) is 4.54. The van der Waals surface area contributed by atoms with Gasteiger partial charge in [0.1, 0.15) is 10.7 Å². The lowest BCUT2D eigenvalue weighted by Crippen LogP contribution is -2.29. The fourth-order valence-corrected chi connectivity index (χ4v) is 2.66. The quantitative estimate of drug-likeness (QED) is 0.856. The molecule has 1 aromatic rings. The van der Waals surface area contributed by atoms with E-state index in [2.05, 4.69) is 0 Å². The van der Waals surface area contributed by atoms with Crippen LogP contribution in [0.1, 0.15) is 13.8 Å². The second-order valence-corrected chi connectivity index (χ2v) is 5.69. The van der Waals surface area contributed by atoms with Crippen LogP contribution in [-0.2, 0) is 9.84 Å². The summed E-state index contributed by atoms with van der Waals surface area (Å²) in [6.45, 7) is 2.72. The molecule has 84 valence electrons. The molecule has 0 aliphatic heterocycles. The summed E-state index contributed by atoms with van der Waals surface area (Å²) >= 11 is 0. The molecule has 0 radical (unpaired) electrons. The third kappa shape index (κ3) is 2.35. The largest absolute Gasteiger partial charge is 0.392 e. The van der Waals surface area contributed by atoms with Crippen molar-refractivity contribution in [1.29, 1.82) is 0 Å². The predicted molar refractivity (Wildman–Crippen MR) is 54.7 cm³/mol. The van der Waals surface area contributed by atoms with E-state index in [4.69, 9.17) is 0 Å². The number of aliphatic hydroxyl groups is 1. The van der Waals surface area contributed by atoms with E-state index in [1.807, 2.05) is 0 Å². The SMILES string of the molecule is CC(O)C(C)S(=O)(=O)c1ccccc1F. The van der Waals surface area contributed by atoms with Gasteiger partial charge in [0.2, 0.25) is 0 Å². The van der Waals surface area contributed by atoms with Crippen LogP contribution in [-0.4, -0.2) is 24.9 Å². The van der Waals surface area contributed by atoms with Crippen molar-refractivity contribution >= 4 is 9.84 Å². The fourth-order valence-electron chi connectivity index (χ4n) is 1.14. The number of aliphatic hydroxyl groups excluding tert-OH is 1. The summed E-state index contributed by atoms with van der Waals surface area (Å²) < 4.78 is 36.8. The Balaban J connectivity index is 3.24. The Hall–Kier alpha value is -0.940. The van der Waals surface area contributed by atoms with E-state index in [9.17, 15) is 17.9 Å². The molecule has 0 aliphatic carbocycles. The first-order chi connectivity index (χ1) is 6.87. The zero-order valence-corrected chi connectivity index (χ0v) is 9.33. The van der Waals surface area contributed by atoms with Crippen LogP contribution in [0, 0.1) is 5.82 Å². The molecule has 0 saturated carbocycles. The molecule has 15 heavy (non-hydrogen) atoms. The Labute approximate surface area is 88.5 Å². The molecular formula is C10H13FO3S. The van der Waals surface area contributed by atoms with Crippen molar-refractivity contribution < 1.29 is 17.9 Å². The minimum absolute atomic E-state index is 0.363. The lowest BCUT2D eigenvalue weighted by atomic mass is 10.3. The molecule has 1 N–H and O–H groups in total. The maximum Gasteiger partial charge on any atom is 0.186 e. The van der Waals surface area contributed by atoms with E-state index in [-0.39, 0.29) is 4.90 Å². The smallest absolute Gasteiger partial charge is 0.186 e.